The van der Waals surface area contributed by atoms with Crippen LogP contribution in [0.2, 0.25) is 0 Å². The van der Waals surface area contributed by atoms with E-state index in [4.69, 9.17) is 10.8 Å². The summed E-state index contributed by atoms with van der Waals surface area (Å²) >= 11 is 0. The average Bonchev–Trinajstić information content (AvgIpc) is 2.16. The first-order valence-electron chi connectivity index (χ1n) is 4.53. The lowest BCUT2D eigenvalue weighted by Crippen LogP contribution is -2.03. The Kier molecular flexibility index (Phi) is 3.71. The minimum atomic E-state index is 0.236. The van der Waals surface area contributed by atoms with Crippen molar-refractivity contribution >= 4 is 5.69 Å². The summed E-state index contributed by atoms with van der Waals surface area (Å²) in [6.45, 7) is 2.26. The molecule has 0 spiro atoms. The van der Waals surface area contributed by atoms with Crippen molar-refractivity contribution in [1.29, 1.82) is 0 Å². The van der Waals surface area contributed by atoms with E-state index in [2.05, 4.69) is 4.98 Å². The highest BCUT2D eigenvalue weighted by molar-refractivity contribution is 5.44. The van der Waals surface area contributed by atoms with Crippen LogP contribution in [0.4, 0.5) is 5.69 Å². The summed E-state index contributed by atoms with van der Waals surface area (Å²) in [5.41, 5.74) is 7.61. The van der Waals surface area contributed by atoms with Crippen LogP contribution in [0, 0.1) is 5.92 Å². The van der Waals surface area contributed by atoms with Gasteiger partial charge >= 0.3 is 0 Å². The number of aliphatic hydroxyl groups is 1. The maximum atomic E-state index is 8.84. The summed E-state index contributed by atoms with van der Waals surface area (Å²) < 4.78 is 0. The highest BCUT2D eigenvalue weighted by Gasteiger charge is 2.03. The third kappa shape index (κ3) is 3.03. The highest BCUT2D eigenvalue weighted by atomic mass is 16.3. The zero-order valence-electron chi connectivity index (χ0n) is 7.90. The molecular weight excluding hydrogens is 164 g/mol. The van der Waals surface area contributed by atoms with Crippen molar-refractivity contribution in [3.8, 4) is 0 Å². The molecule has 0 radical (unpaired) electrons. The van der Waals surface area contributed by atoms with Crippen molar-refractivity contribution < 1.29 is 5.11 Å². The molecule has 0 aliphatic heterocycles. The van der Waals surface area contributed by atoms with Crippen molar-refractivity contribution in [3.63, 3.8) is 0 Å². The lowest BCUT2D eigenvalue weighted by molar-refractivity contribution is 0.230. The Bertz CT molecular complexity index is 263. The van der Waals surface area contributed by atoms with Gasteiger partial charge in [0, 0.05) is 24.7 Å². The van der Waals surface area contributed by atoms with E-state index in [1.807, 2.05) is 6.92 Å². The van der Waals surface area contributed by atoms with E-state index in [-0.39, 0.29) is 6.61 Å². The fraction of sp³-hybridized carbons (Fsp3) is 0.500. The largest absolute Gasteiger partial charge is 0.398 e. The molecule has 0 saturated carbocycles. The van der Waals surface area contributed by atoms with Gasteiger partial charge < -0.3 is 10.8 Å². The molecule has 1 aromatic heterocycles. The van der Waals surface area contributed by atoms with Gasteiger partial charge in [0.1, 0.15) is 0 Å². The maximum Gasteiger partial charge on any atom is 0.0456 e. The van der Waals surface area contributed by atoms with Crippen LogP contribution in [-0.4, -0.2) is 16.7 Å². The quantitative estimate of drug-likeness (QED) is 0.732. The Labute approximate surface area is 78.6 Å². The van der Waals surface area contributed by atoms with E-state index in [1.54, 1.807) is 18.5 Å². The van der Waals surface area contributed by atoms with E-state index in [9.17, 15) is 0 Å². The first kappa shape index (κ1) is 9.99. The SMILES string of the molecule is CC(CO)CCc1cnccc1N. The Morgan fingerprint density at radius 3 is 3.00 bits per heavy atom. The Balaban J connectivity index is 2.50. The molecule has 1 unspecified atom stereocenters. The number of hydrogen-bond acceptors (Lipinski definition) is 3. The number of rotatable bonds is 4. The number of aryl methyl sites for hydroxylation is 1. The molecule has 0 saturated heterocycles. The molecule has 1 aromatic rings. The zero-order chi connectivity index (χ0) is 9.68. The molecule has 1 rings (SSSR count). The summed E-state index contributed by atoms with van der Waals surface area (Å²) in [5.74, 6) is 0.333. The van der Waals surface area contributed by atoms with Crippen molar-refractivity contribution in [3.05, 3.63) is 24.0 Å². The molecule has 0 aromatic carbocycles. The van der Waals surface area contributed by atoms with Crippen LogP contribution in [0.15, 0.2) is 18.5 Å². The number of nitrogen functional groups attached to an aromatic ring is 1. The smallest absolute Gasteiger partial charge is 0.0456 e. The van der Waals surface area contributed by atoms with Crippen molar-refractivity contribution in [2.45, 2.75) is 19.8 Å². The first-order chi connectivity index (χ1) is 6.24. The zero-order valence-corrected chi connectivity index (χ0v) is 7.90. The van der Waals surface area contributed by atoms with Crippen molar-refractivity contribution in [2.75, 3.05) is 12.3 Å². The lowest BCUT2D eigenvalue weighted by atomic mass is 10.0. The van der Waals surface area contributed by atoms with E-state index < -0.39 is 0 Å². The van der Waals surface area contributed by atoms with Gasteiger partial charge in [0.15, 0.2) is 0 Å². The molecular formula is C10H16N2O. The van der Waals surface area contributed by atoms with Crippen LogP contribution in [0.25, 0.3) is 0 Å². The second-order valence-corrected chi connectivity index (χ2v) is 3.40. The highest BCUT2D eigenvalue weighted by Crippen LogP contribution is 2.13. The predicted octanol–water partition coefficient (Wildman–Crippen LogP) is 1.22. The van der Waals surface area contributed by atoms with Crippen molar-refractivity contribution in [2.24, 2.45) is 5.92 Å². The summed E-state index contributed by atoms with van der Waals surface area (Å²) in [5, 5.41) is 8.84. The molecule has 1 atom stereocenters. The standard InChI is InChI=1S/C10H16N2O/c1-8(7-13)2-3-9-6-12-5-4-10(9)11/h4-6,8,13H,2-3,7H2,1H3,(H2,11,12). The minimum absolute atomic E-state index is 0.236. The molecule has 0 aliphatic carbocycles. The molecule has 0 fully saturated rings. The fourth-order valence-corrected chi connectivity index (χ4v) is 1.14. The molecule has 13 heavy (non-hydrogen) atoms. The average molecular weight is 180 g/mol. The second-order valence-electron chi connectivity index (χ2n) is 3.40. The van der Waals surface area contributed by atoms with Gasteiger partial charge in [0.25, 0.3) is 0 Å². The van der Waals surface area contributed by atoms with Gasteiger partial charge in [-0.15, -0.1) is 0 Å². The minimum Gasteiger partial charge on any atom is -0.398 e. The number of aromatic nitrogens is 1. The maximum absolute atomic E-state index is 8.84. The Morgan fingerprint density at radius 2 is 2.38 bits per heavy atom. The number of pyridine rings is 1. The predicted molar refractivity (Wildman–Crippen MR) is 53.2 cm³/mol. The number of nitrogens with zero attached hydrogens (tertiary/aromatic N) is 1. The number of hydrogen-bond donors (Lipinski definition) is 2. The Hall–Kier alpha value is -1.09. The van der Waals surface area contributed by atoms with E-state index in [0.717, 1.165) is 24.1 Å². The van der Waals surface area contributed by atoms with Gasteiger partial charge in [-0.2, -0.15) is 0 Å². The molecule has 3 N–H and O–H groups in total. The fourth-order valence-electron chi connectivity index (χ4n) is 1.14. The molecule has 1 heterocycles. The van der Waals surface area contributed by atoms with Crippen LogP contribution in [-0.2, 0) is 6.42 Å². The van der Waals surface area contributed by atoms with Gasteiger partial charge in [0.2, 0.25) is 0 Å². The molecule has 0 bridgehead atoms. The first-order valence-corrected chi connectivity index (χ1v) is 4.53. The van der Waals surface area contributed by atoms with Crippen LogP contribution >= 0.6 is 0 Å². The molecule has 72 valence electrons. The van der Waals surface area contributed by atoms with Gasteiger partial charge in [-0.25, -0.2) is 0 Å². The van der Waals surface area contributed by atoms with E-state index in [1.165, 1.54) is 0 Å². The van der Waals surface area contributed by atoms with Crippen LogP contribution in [0.1, 0.15) is 18.9 Å². The summed E-state index contributed by atoms with van der Waals surface area (Å²) in [4.78, 5) is 4.01. The molecule has 3 nitrogen and oxygen atoms in total. The van der Waals surface area contributed by atoms with Crippen molar-refractivity contribution in [1.82, 2.24) is 4.98 Å². The van der Waals surface area contributed by atoms with Gasteiger partial charge in [-0.3, -0.25) is 4.98 Å². The number of aliphatic hydroxyl groups excluding tert-OH is 1. The van der Waals surface area contributed by atoms with Crippen LogP contribution in [0.3, 0.4) is 0 Å². The molecule has 0 amide bonds. The van der Waals surface area contributed by atoms with Gasteiger partial charge in [-0.05, 0) is 30.4 Å². The number of anilines is 1. The van der Waals surface area contributed by atoms with Crippen LogP contribution < -0.4 is 5.73 Å². The summed E-state index contributed by atoms with van der Waals surface area (Å²) in [7, 11) is 0. The van der Waals surface area contributed by atoms with E-state index in [0.29, 0.717) is 5.92 Å². The second kappa shape index (κ2) is 4.82. The van der Waals surface area contributed by atoms with Gasteiger partial charge in [0.05, 0.1) is 0 Å². The van der Waals surface area contributed by atoms with Crippen LogP contribution in [0.5, 0.6) is 0 Å². The monoisotopic (exact) mass is 180 g/mol. The molecule has 0 aliphatic rings. The van der Waals surface area contributed by atoms with E-state index >= 15 is 0 Å². The topological polar surface area (TPSA) is 59.1 Å². The summed E-state index contributed by atoms with van der Waals surface area (Å²) in [6, 6.07) is 1.80. The van der Waals surface area contributed by atoms with Gasteiger partial charge in [-0.1, -0.05) is 6.92 Å². The molecule has 3 heteroatoms. The lowest BCUT2D eigenvalue weighted by Gasteiger charge is -2.08. The third-order valence-corrected chi connectivity index (χ3v) is 2.16. The number of nitrogens with two attached hydrogens (primary N) is 1. The summed E-state index contributed by atoms with van der Waals surface area (Å²) in [6.07, 6.45) is 5.32. The Morgan fingerprint density at radius 1 is 1.62 bits per heavy atom. The normalized spacial score (nSPS) is 12.8. The third-order valence-electron chi connectivity index (χ3n) is 2.16.